The van der Waals surface area contributed by atoms with E-state index >= 15 is 0 Å². The minimum Gasteiger partial charge on any atom is -0.387 e. The van der Waals surface area contributed by atoms with E-state index in [4.69, 9.17) is 0 Å². The van der Waals surface area contributed by atoms with Gasteiger partial charge in [0.1, 0.15) is 12.2 Å². The first kappa shape index (κ1) is 19.5. The van der Waals surface area contributed by atoms with Crippen LogP contribution in [0.4, 0.5) is 0 Å². The number of amides is 2. The summed E-state index contributed by atoms with van der Waals surface area (Å²) in [6, 6.07) is 0. The Morgan fingerprint density at radius 3 is 1.75 bits per heavy atom. The average molecular weight is 404 g/mol. The second-order valence-corrected chi connectivity index (χ2v) is 6.05. The molecule has 0 rings (SSSR count). The van der Waals surface area contributed by atoms with Crippen LogP contribution in [0.25, 0.3) is 0 Å². The highest BCUT2D eigenvalue weighted by Crippen LogP contribution is 2.08. The first-order chi connectivity index (χ1) is 9.01. The van der Waals surface area contributed by atoms with Gasteiger partial charge in [0.15, 0.2) is 12.2 Å². The van der Waals surface area contributed by atoms with Gasteiger partial charge >= 0.3 is 0 Å². The molecule has 0 aromatic carbocycles. The van der Waals surface area contributed by atoms with Gasteiger partial charge in [0, 0.05) is 5.54 Å². The average Bonchev–Trinajstić information content (AvgIpc) is 2.33. The van der Waals surface area contributed by atoms with Gasteiger partial charge in [-0.1, -0.05) is 22.6 Å². The largest absolute Gasteiger partial charge is 0.387 e. The summed E-state index contributed by atoms with van der Waals surface area (Å²) in [5, 5.41) is 43.0. The number of halogens is 1. The monoisotopic (exact) mass is 404 g/mol. The van der Waals surface area contributed by atoms with Gasteiger partial charge in [0.2, 0.25) is 0 Å². The van der Waals surface area contributed by atoms with E-state index in [1.54, 1.807) is 20.8 Å². The Bertz CT molecular complexity index is 346. The third kappa shape index (κ3) is 6.31. The number of aliphatic hydroxyl groups excluding tert-OH is 4. The fourth-order valence-corrected chi connectivity index (χ4v) is 1.67. The number of rotatable bonds is 6. The highest BCUT2D eigenvalue weighted by Gasteiger charge is 2.37. The van der Waals surface area contributed by atoms with E-state index in [-0.39, 0.29) is 4.55 Å². The number of alkyl halides is 1. The summed E-state index contributed by atoms with van der Waals surface area (Å²) in [4.78, 5) is 22.9. The highest BCUT2D eigenvalue weighted by molar-refractivity contribution is 14.1. The quantitative estimate of drug-likeness (QED) is 0.170. The van der Waals surface area contributed by atoms with E-state index in [1.165, 1.54) is 0 Å². The number of hydrogen-bond acceptors (Lipinski definition) is 6. The SMILES string of the molecule is CC(C)(C)NC(=O)C(O)C(O)C(O)C(O)C(=O)NCI. The summed E-state index contributed by atoms with van der Waals surface area (Å²) < 4.78 is 0.198. The molecule has 0 aliphatic rings. The fraction of sp³-hybridized carbons (Fsp3) is 0.818. The van der Waals surface area contributed by atoms with Gasteiger partial charge in [-0.15, -0.1) is 0 Å². The Morgan fingerprint density at radius 2 is 1.40 bits per heavy atom. The van der Waals surface area contributed by atoms with Crippen molar-refractivity contribution in [1.82, 2.24) is 10.6 Å². The van der Waals surface area contributed by atoms with Crippen molar-refractivity contribution in [2.45, 2.75) is 50.7 Å². The molecule has 0 aromatic rings. The van der Waals surface area contributed by atoms with E-state index in [9.17, 15) is 30.0 Å². The van der Waals surface area contributed by atoms with Crippen LogP contribution in [-0.4, -0.2) is 66.7 Å². The molecule has 0 spiro atoms. The van der Waals surface area contributed by atoms with Gasteiger partial charge in [-0.2, -0.15) is 0 Å². The normalized spacial score (nSPS) is 17.8. The maximum atomic E-state index is 11.6. The maximum Gasteiger partial charge on any atom is 0.252 e. The Morgan fingerprint density at radius 1 is 1.00 bits per heavy atom. The second-order valence-electron chi connectivity index (χ2n) is 5.28. The lowest BCUT2D eigenvalue weighted by Gasteiger charge is -2.28. The lowest BCUT2D eigenvalue weighted by atomic mass is 10.0. The summed E-state index contributed by atoms with van der Waals surface area (Å²) in [6.07, 6.45) is -7.89. The van der Waals surface area contributed by atoms with Gasteiger partial charge in [0.05, 0.1) is 4.55 Å². The zero-order chi connectivity index (χ0) is 16.1. The van der Waals surface area contributed by atoms with Crippen molar-refractivity contribution in [1.29, 1.82) is 0 Å². The molecule has 0 aromatic heterocycles. The zero-order valence-electron chi connectivity index (χ0n) is 11.5. The molecule has 4 atom stereocenters. The summed E-state index contributed by atoms with van der Waals surface area (Å²) in [7, 11) is 0. The molecule has 0 radical (unpaired) electrons. The van der Waals surface area contributed by atoms with E-state index in [0.29, 0.717) is 0 Å². The van der Waals surface area contributed by atoms with Crippen molar-refractivity contribution in [3.05, 3.63) is 0 Å². The van der Waals surface area contributed by atoms with Gasteiger partial charge in [-0.05, 0) is 20.8 Å². The van der Waals surface area contributed by atoms with Crippen LogP contribution in [0.1, 0.15) is 20.8 Å². The van der Waals surface area contributed by atoms with Gasteiger partial charge < -0.3 is 31.1 Å². The molecule has 4 unspecified atom stereocenters. The summed E-state index contributed by atoms with van der Waals surface area (Å²) in [5.41, 5.74) is -0.639. The summed E-state index contributed by atoms with van der Waals surface area (Å²) in [5.74, 6) is -1.82. The number of carbonyl (C=O) groups excluding carboxylic acids is 2. The van der Waals surface area contributed by atoms with E-state index in [0.717, 1.165) is 0 Å². The Hall–Kier alpha value is -0.490. The lowest BCUT2D eigenvalue weighted by Crippen LogP contribution is -2.56. The van der Waals surface area contributed by atoms with Gasteiger partial charge in [0.25, 0.3) is 11.8 Å². The zero-order valence-corrected chi connectivity index (χ0v) is 13.7. The molecule has 20 heavy (non-hydrogen) atoms. The number of hydrogen-bond donors (Lipinski definition) is 6. The summed E-state index contributed by atoms with van der Waals surface area (Å²) in [6.45, 7) is 5.01. The van der Waals surface area contributed by atoms with Crippen LogP contribution >= 0.6 is 22.6 Å². The molecule has 118 valence electrons. The molecule has 0 bridgehead atoms. The van der Waals surface area contributed by atoms with Crippen LogP contribution < -0.4 is 10.6 Å². The summed E-state index contributed by atoms with van der Waals surface area (Å²) >= 11 is 1.81. The van der Waals surface area contributed by atoms with Gasteiger partial charge in [-0.25, -0.2) is 0 Å². The smallest absolute Gasteiger partial charge is 0.252 e. The number of nitrogens with one attached hydrogen (secondary N) is 2. The second kappa shape index (κ2) is 8.08. The van der Waals surface area contributed by atoms with Crippen LogP contribution in [0.5, 0.6) is 0 Å². The minimum atomic E-state index is -1.99. The Kier molecular flexibility index (Phi) is 7.88. The molecule has 2 amide bonds. The van der Waals surface area contributed by atoms with E-state index in [2.05, 4.69) is 10.6 Å². The lowest BCUT2D eigenvalue weighted by molar-refractivity contribution is -0.156. The van der Waals surface area contributed by atoms with Crippen LogP contribution in [0.3, 0.4) is 0 Å². The van der Waals surface area contributed by atoms with Crippen molar-refractivity contribution < 1.29 is 30.0 Å². The molecule has 8 nitrogen and oxygen atoms in total. The van der Waals surface area contributed by atoms with Crippen LogP contribution in [0.2, 0.25) is 0 Å². The Labute approximate surface area is 130 Å². The molecule has 0 heterocycles. The molecule has 0 fully saturated rings. The van der Waals surface area contributed by atoms with Gasteiger partial charge in [-0.3, -0.25) is 9.59 Å². The molecule has 0 saturated carbocycles. The minimum absolute atomic E-state index is 0.198. The number of carbonyl (C=O) groups is 2. The van der Waals surface area contributed by atoms with Crippen LogP contribution in [0, 0.1) is 0 Å². The van der Waals surface area contributed by atoms with Crippen molar-refractivity contribution in [2.75, 3.05) is 4.55 Å². The highest BCUT2D eigenvalue weighted by atomic mass is 127. The molecule has 0 aliphatic heterocycles. The third-order valence-electron chi connectivity index (χ3n) is 2.27. The Balaban J connectivity index is 4.67. The fourth-order valence-electron chi connectivity index (χ4n) is 1.30. The molecular weight excluding hydrogens is 383 g/mol. The van der Waals surface area contributed by atoms with Crippen molar-refractivity contribution >= 4 is 34.4 Å². The molecule has 0 saturated heterocycles. The topological polar surface area (TPSA) is 139 Å². The first-order valence-corrected chi connectivity index (χ1v) is 7.41. The predicted molar refractivity (Wildman–Crippen MR) is 79.0 cm³/mol. The molecular formula is C11H21IN2O6. The predicted octanol–water partition coefficient (Wildman–Crippen LogP) is -2.15. The standard InChI is InChI=1S/C11H21IN2O6/c1-11(2,3)14-10(20)8(18)6(16)5(15)7(17)9(19)13-4-12/h5-8,15-18H,4H2,1-3H3,(H,13,19)(H,14,20). The molecule has 9 heteroatoms. The van der Waals surface area contributed by atoms with E-state index < -0.39 is 41.8 Å². The van der Waals surface area contributed by atoms with Crippen LogP contribution in [-0.2, 0) is 9.59 Å². The first-order valence-electron chi connectivity index (χ1n) is 5.89. The van der Waals surface area contributed by atoms with Crippen molar-refractivity contribution in [3.8, 4) is 0 Å². The van der Waals surface area contributed by atoms with Crippen molar-refractivity contribution in [2.24, 2.45) is 0 Å². The third-order valence-corrected chi connectivity index (χ3v) is 2.65. The van der Waals surface area contributed by atoms with Crippen molar-refractivity contribution in [3.63, 3.8) is 0 Å². The molecule has 6 N–H and O–H groups in total. The van der Waals surface area contributed by atoms with E-state index in [1.807, 2.05) is 22.6 Å². The maximum absolute atomic E-state index is 11.6. The molecule has 0 aliphatic carbocycles. The number of aliphatic hydroxyl groups is 4. The van der Waals surface area contributed by atoms with Crippen LogP contribution in [0.15, 0.2) is 0 Å².